The lowest BCUT2D eigenvalue weighted by Crippen LogP contribution is -2.42. The zero-order chi connectivity index (χ0) is 24.1. The second-order valence-electron chi connectivity index (χ2n) is 9.29. The molecule has 4 rings (SSSR count). The number of aromatic nitrogens is 2. The van der Waals surface area contributed by atoms with Crippen LogP contribution in [0.1, 0.15) is 49.8 Å². The van der Waals surface area contributed by atoms with Crippen LogP contribution in [0.3, 0.4) is 0 Å². The van der Waals surface area contributed by atoms with Gasteiger partial charge in [-0.05, 0) is 63.6 Å². The van der Waals surface area contributed by atoms with E-state index in [1.807, 2.05) is 18.2 Å². The van der Waals surface area contributed by atoms with Crippen LogP contribution in [0.15, 0.2) is 18.2 Å². The monoisotopic (exact) mass is 484 g/mol. The van der Waals surface area contributed by atoms with Gasteiger partial charge in [-0.3, -0.25) is 0 Å². The van der Waals surface area contributed by atoms with E-state index in [0.29, 0.717) is 17.2 Å². The summed E-state index contributed by atoms with van der Waals surface area (Å²) in [6, 6.07) is 6.35. The molecule has 0 unspecified atom stereocenters. The molecule has 0 radical (unpaired) electrons. The number of nitrogens with zero attached hydrogens (tertiary/aromatic N) is 3. The average molecular weight is 485 g/mol. The SMILES string of the molecule is COc1cc(NC(=S)N[C@H]2CC[C@@H](Nc3nc4c(c(N(C)C)n3)CCCC4)CC2)cc(OC)c1. The van der Waals surface area contributed by atoms with Crippen molar-refractivity contribution in [2.24, 2.45) is 0 Å². The zero-order valence-corrected chi connectivity index (χ0v) is 21.4. The molecule has 0 aliphatic heterocycles. The Bertz CT molecular complexity index is 985. The molecule has 0 amide bonds. The van der Waals surface area contributed by atoms with Crippen LogP contribution in [0.25, 0.3) is 0 Å². The highest BCUT2D eigenvalue weighted by Crippen LogP contribution is 2.30. The molecule has 1 aromatic carbocycles. The molecular formula is C25H36N6O2S. The van der Waals surface area contributed by atoms with Gasteiger partial charge in [0.25, 0.3) is 0 Å². The summed E-state index contributed by atoms with van der Waals surface area (Å²) in [5, 5.41) is 10.9. The van der Waals surface area contributed by atoms with E-state index in [9.17, 15) is 0 Å². The van der Waals surface area contributed by atoms with E-state index < -0.39 is 0 Å². The van der Waals surface area contributed by atoms with Crippen LogP contribution in [0.5, 0.6) is 11.5 Å². The molecule has 2 aromatic rings. The van der Waals surface area contributed by atoms with Crippen LogP contribution >= 0.6 is 12.2 Å². The number of hydrogen-bond acceptors (Lipinski definition) is 7. The van der Waals surface area contributed by atoms with E-state index >= 15 is 0 Å². The normalized spacial score (nSPS) is 19.5. The molecule has 0 saturated heterocycles. The summed E-state index contributed by atoms with van der Waals surface area (Å²) in [6.07, 6.45) is 8.73. The summed E-state index contributed by atoms with van der Waals surface area (Å²) in [6.45, 7) is 0. The predicted octanol–water partition coefficient (Wildman–Crippen LogP) is 4.15. The molecule has 2 aliphatic carbocycles. The van der Waals surface area contributed by atoms with E-state index in [-0.39, 0.29) is 0 Å². The minimum atomic E-state index is 0.340. The standard InChI is InChI=1S/C25H36N6O2S/c1-31(2)23-21-7-5-6-8-22(21)29-24(30-23)26-16-9-11-17(12-10-16)27-25(34)28-18-13-19(32-3)15-20(14-18)33-4/h13-17H,5-12H2,1-4H3,(H,26,29,30)(H2,27,28,34)/t16-,17+. The number of thiocarbonyl (C=S) groups is 1. The third-order valence-electron chi connectivity index (χ3n) is 6.59. The van der Waals surface area contributed by atoms with Gasteiger partial charge in [0.05, 0.1) is 19.9 Å². The first-order valence-corrected chi connectivity index (χ1v) is 12.5. The van der Waals surface area contributed by atoms with Gasteiger partial charge in [-0.2, -0.15) is 4.98 Å². The summed E-state index contributed by atoms with van der Waals surface area (Å²) in [5.74, 6) is 3.27. The number of hydrogen-bond donors (Lipinski definition) is 3. The van der Waals surface area contributed by atoms with Gasteiger partial charge >= 0.3 is 0 Å². The quantitative estimate of drug-likeness (QED) is 0.502. The van der Waals surface area contributed by atoms with E-state index in [2.05, 4.69) is 34.9 Å². The van der Waals surface area contributed by atoms with Crippen molar-refractivity contribution in [1.82, 2.24) is 15.3 Å². The highest BCUT2D eigenvalue weighted by Gasteiger charge is 2.24. The maximum absolute atomic E-state index is 5.56. The second kappa shape index (κ2) is 11.1. The highest BCUT2D eigenvalue weighted by molar-refractivity contribution is 7.80. The van der Waals surface area contributed by atoms with Gasteiger partial charge in [-0.25, -0.2) is 4.98 Å². The van der Waals surface area contributed by atoms with Crippen LogP contribution in [0.2, 0.25) is 0 Å². The Morgan fingerprint density at radius 1 is 0.941 bits per heavy atom. The first kappa shape index (κ1) is 24.3. The number of methoxy groups -OCH3 is 2. The summed E-state index contributed by atoms with van der Waals surface area (Å²) in [4.78, 5) is 11.9. The van der Waals surface area contributed by atoms with Crippen molar-refractivity contribution in [3.8, 4) is 11.5 Å². The lowest BCUT2D eigenvalue weighted by Gasteiger charge is -2.31. The number of aryl methyl sites for hydroxylation is 1. The van der Waals surface area contributed by atoms with Crippen molar-refractivity contribution >= 4 is 34.8 Å². The van der Waals surface area contributed by atoms with E-state index in [1.165, 1.54) is 24.1 Å². The molecule has 0 atom stereocenters. The molecule has 0 spiro atoms. The number of benzene rings is 1. The maximum atomic E-state index is 5.56. The molecule has 1 heterocycles. The van der Waals surface area contributed by atoms with Crippen molar-refractivity contribution in [2.45, 2.75) is 63.5 Å². The molecule has 184 valence electrons. The summed E-state index contributed by atoms with van der Waals surface area (Å²) in [5.41, 5.74) is 3.38. The lowest BCUT2D eigenvalue weighted by atomic mass is 9.91. The van der Waals surface area contributed by atoms with Crippen LogP contribution < -0.4 is 30.3 Å². The molecule has 1 aromatic heterocycles. The van der Waals surface area contributed by atoms with Gasteiger partial charge in [-0.15, -0.1) is 0 Å². The zero-order valence-electron chi connectivity index (χ0n) is 20.6. The van der Waals surface area contributed by atoms with Crippen molar-refractivity contribution in [2.75, 3.05) is 43.8 Å². The van der Waals surface area contributed by atoms with Crippen molar-refractivity contribution < 1.29 is 9.47 Å². The fraction of sp³-hybridized carbons (Fsp3) is 0.560. The molecule has 9 heteroatoms. The third-order valence-corrected chi connectivity index (χ3v) is 6.81. The van der Waals surface area contributed by atoms with Crippen LogP contribution in [-0.4, -0.2) is 55.5 Å². The Morgan fingerprint density at radius 3 is 2.24 bits per heavy atom. The fourth-order valence-corrected chi connectivity index (χ4v) is 5.09. The summed E-state index contributed by atoms with van der Waals surface area (Å²) >= 11 is 5.56. The Labute approximate surface area is 207 Å². The molecule has 1 fully saturated rings. The van der Waals surface area contributed by atoms with Crippen molar-refractivity contribution in [1.29, 1.82) is 0 Å². The van der Waals surface area contributed by atoms with E-state index in [4.69, 9.17) is 31.7 Å². The minimum Gasteiger partial charge on any atom is -0.497 e. The Hall–Kier alpha value is -2.81. The average Bonchev–Trinajstić information content (AvgIpc) is 2.84. The lowest BCUT2D eigenvalue weighted by molar-refractivity contribution is 0.387. The third kappa shape index (κ3) is 6.00. The Balaban J connectivity index is 1.30. The largest absolute Gasteiger partial charge is 0.497 e. The number of rotatable bonds is 7. The fourth-order valence-electron chi connectivity index (χ4n) is 4.81. The van der Waals surface area contributed by atoms with Crippen molar-refractivity contribution in [3.63, 3.8) is 0 Å². The van der Waals surface area contributed by atoms with Gasteiger partial charge in [0.1, 0.15) is 17.3 Å². The topological polar surface area (TPSA) is 83.6 Å². The van der Waals surface area contributed by atoms with E-state index in [1.54, 1.807) is 14.2 Å². The number of fused-ring (bicyclic) bond motifs is 1. The van der Waals surface area contributed by atoms with Crippen LogP contribution in [0.4, 0.5) is 17.5 Å². The molecule has 0 bridgehead atoms. The summed E-state index contributed by atoms with van der Waals surface area (Å²) < 4.78 is 10.7. The van der Waals surface area contributed by atoms with Crippen LogP contribution in [-0.2, 0) is 12.8 Å². The van der Waals surface area contributed by atoms with Gasteiger partial charge < -0.3 is 30.3 Å². The van der Waals surface area contributed by atoms with Gasteiger partial charge in [0.2, 0.25) is 5.95 Å². The first-order valence-electron chi connectivity index (χ1n) is 12.1. The minimum absolute atomic E-state index is 0.340. The van der Waals surface area contributed by atoms with Crippen LogP contribution in [0, 0.1) is 0 Å². The van der Waals surface area contributed by atoms with Gasteiger partial charge in [-0.1, -0.05) is 0 Å². The van der Waals surface area contributed by atoms with E-state index in [0.717, 1.165) is 67.5 Å². The highest BCUT2D eigenvalue weighted by atomic mass is 32.1. The number of nitrogens with one attached hydrogen (secondary N) is 3. The Morgan fingerprint density at radius 2 is 1.59 bits per heavy atom. The predicted molar refractivity (Wildman–Crippen MR) is 142 cm³/mol. The molecule has 2 aliphatic rings. The smallest absolute Gasteiger partial charge is 0.225 e. The van der Waals surface area contributed by atoms with Crippen molar-refractivity contribution in [3.05, 3.63) is 29.5 Å². The molecular weight excluding hydrogens is 448 g/mol. The Kier molecular flexibility index (Phi) is 7.92. The number of anilines is 3. The second-order valence-corrected chi connectivity index (χ2v) is 9.70. The molecule has 8 nitrogen and oxygen atoms in total. The first-order chi connectivity index (χ1) is 16.4. The van der Waals surface area contributed by atoms with Gasteiger partial charge in [0.15, 0.2) is 5.11 Å². The molecule has 34 heavy (non-hydrogen) atoms. The maximum Gasteiger partial charge on any atom is 0.225 e. The molecule has 1 saturated carbocycles. The van der Waals surface area contributed by atoms with Gasteiger partial charge in [0, 0.05) is 55.6 Å². The summed E-state index contributed by atoms with van der Waals surface area (Å²) in [7, 11) is 7.41. The molecule has 3 N–H and O–H groups in total. The number of ether oxygens (including phenoxy) is 2.